The molecule has 0 spiro atoms. The van der Waals surface area contributed by atoms with E-state index >= 15 is 0 Å². The monoisotopic (exact) mass is 445 g/mol. The largest absolute Gasteiger partial charge is 0.469 e. The maximum atomic E-state index is 13.5. The molecule has 0 radical (unpaired) electrons. The van der Waals surface area contributed by atoms with Gasteiger partial charge in [0.05, 0.1) is 22.6 Å². The molecule has 1 aromatic carbocycles. The third kappa shape index (κ3) is 3.80. The van der Waals surface area contributed by atoms with Crippen LogP contribution in [0.2, 0.25) is 5.02 Å². The molecule has 0 aliphatic carbocycles. The van der Waals surface area contributed by atoms with Crippen LogP contribution >= 0.6 is 23.4 Å². The van der Waals surface area contributed by atoms with Gasteiger partial charge in [-0.1, -0.05) is 23.4 Å². The van der Waals surface area contributed by atoms with Gasteiger partial charge in [0.2, 0.25) is 0 Å². The molecule has 30 heavy (non-hydrogen) atoms. The minimum atomic E-state index is -0.486. The minimum absolute atomic E-state index is 0.0310. The van der Waals surface area contributed by atoms with Crippen LogP contribution in [0.3, 0.4) is 0 Å². The number of aromatic nitrogens is 3. The van der Waals surface area contributed by atoms with Crippen LogP contribution in [0.15, 0.2) is 50.7 Å². The van der Waals surface area contributed by atoms with Crippen LogP contribution < -0.4 is 0 Å². The molecule has 9 heteroatoms. The van der Waals surface area contributed by atoms with Crippen LogP contribution in [0, 0.1) is 26.6 Å². The second-order valence-corrected chi connectivity index (χ2v) is 8.03. The molecule has 0 N–H and O–H groups in total. The Morgan fingerprint density at radius 1 is 1.20 bits per heavy atom. The van der Waals surface area contributed by atoms with Crippen molar-refractivity contribution < 1.29 is 18.0 Å². The van der Waals surface area contributed by atoms with Crippen LogP contribution in [0.5, 0.6) is 0 Å². The molecule has 6 nitrogen and oxygen atoms in total. The maximum Gasteiger partial charge on any atom is 0.277 e. The van der Waals surface area contributed by atoms with Gasteiger partial charge in [-0.05, 0) is 51.1 Å². The lowest BCUT2D eigenvalue weighted by atomic mass is 10.2. The lowest BCUT2D eigenvalue weighted by Crippen LogP contribution is -2.05. The Morgan fingerprint density at radius 2 is 2.00 bits per heavy atom. The van der Waals surface area contributed by atoms with E-state index in [1.165, 1.54) is 23.9 Å². The summed E-state index contributed by atoms with van der Waals surface area (Å²) in [6.45, 7) is 5.53. The fraction of sp³-hybridized carbons (Fsp3) is 0.190. The topological polar surface area (TPSA) is 74.1 Å². The van der Waals surface area contributed by atoms with Crippen molar-refractivity contribution in [3.05, 3.63) is 70.1 Å². The predicted octanol–water partition coefficient (Wildman–Crippen LogP) is 5.81. The molecular formula is C21H17ClFN3O3S. The molecule has 3 heterocycles. The number of ketones is 1. The summed E-state index contributed by atoms with van der Waals surface area (Å²) in [4.78, 5) is 12.8. The van der Waals surface area contributed by atoms with Gasteiger partial charge in [-0.2, -0.15) is 0 Å². The van der Waals surface area contributed by atoms with E-state index in [1.807, 2.05) is 24.5 Å². The number of aryl methyl sites for hydroxylation is 2. The third-order valence-electron chi connectivity index (χ3n) is 4.72. The van der Waals surface area contributed by atoms with Gasteiger partial charge in [0.1, 0.15) is 11.6 Å². The highest BCUT2D eigenvalue weighted by Gasteiger charge is 2.19. The normalized spacial score (nSPS) is 11.2. The van der Waals surface area contributed by atoms with Gasteiger partial charge in [-0.15, -0.1) is 10.2 Å². The number of carbonyl (C=O) groups excluding carboxylic acids is 1. The van der Waals surface area contributed by atoms with Crippen molar-refractivity contribution >= 4 is 29.1 Å². The van der Waals surface area contributed by atoms with Crippen LogP contribution in [0.1, 0.15) is 27.5 Å². The molecule has 0 atom stereocenters. The van der Waals surface area contributed by atoms with Crippen molar-refractivity contribution in [3.8, 4) is 17.1 Å². The Morgan fingerprint density at radius 3 is 2.70 bits per heavy atom. The SMILES string of the molecule is Cc1occc1-c1nnc(SCC(=O)c2cc(C)n(-c3ccc(F)c(Cl)c3)c2C)o1. The first-order valence-corrected chi connectivity index (χ1v) is 10.4. The van der Waals surface area contributed by atoms with Crippen LogP contribution in [0.4, 0.5) is 4.39 Å². The Kier molecular flexibility index (Phi) is 5.53. The van der Waals surface area contributed by atoms with Gasteiger partial charge in [-0.3, -0.25) is 4.79 Å². The molecule has 154 valence electrons. The van der Waals surface area contributed by atoms with Crippen molar-refractivity contribution in [2.45, 2.75) is 26.0 Å². The number of Topliss-reactive ketones (excluding diaryl/α,β-unsaturated/α-hetero) is 1. The van der Waals surface area contributed by atoms with Gasteiger partial charge < -0.3 is 13.4 Å². The maximum absolute atomic E-state index is 13.5. The number of rotatable bonds is 6. The number of nitrogens with zero attached hydrogens (tertiary/aromatic N) is 3. The zero-order valence-corrected chi connectivity index (χ0v) is 18.0. The quantitative estimate of drug-likeness (QED) is 0.275. The van der Waals surface area contributed by atoms with Crippen molar-refractivity contribution in [1.29, 1.82) is 0 Å². The number of furan rings is 1. The van der Waals surface area contributed by atoms with Gasteiger partial charge in [-0.25, -0.2) is 4.39 Å². The number of halogens is 2. The highest BCUT2D eigenvalue weighted by atomic mass is 35.5. The van der Waals surface area contributed by atoms with Crippen molar-refractivity contribution in [2.75, 3.05) is 5.75 Å². The average Bonchev–Trinajstić information content (AvgIpc) is 3.41. The zero-order valence-electron chi connectivity index (χ0n) is 16.4. The van der Waals surface area contributed by atoms with Gasteiger partial charge >= 0.3 is 0 Å². The van der Waals surface area contributed by atoms with E-state index in [0.29, 0.717) is 28.1 Å². The van der Waals surface area contributed by atoms with Crippen molar-refractivity contribution in [2.24, 2.45) is 0 Å². The molecule has 4 aromatic rings. The summed E-state index contributed by atoms with van der Waals surface area (Å²) in [5.74, 6) is 0.606. The fourth-order valence-corrected chi connectivity index (χ4v) is 4.08. The molecule has 0 bridgehead atoms. The molecule has 0 aliphatic heterocycles. The smallest absolute Gasteiger partial charge is 0.277 e. The molecule has 0 fully saturated rings. The molecule has 0 aliphatic rings. The van der Waals surface area contributed by atoms with E-state index in [2.05, 4.69) is 10.2 Å². The molecule has 0 saturated carbocycles. The van der Waals surface area contributed by atoms with Gasteiger partial charge in [0.25, 0.3) is 11.1 Å². The molecule has 0 saturated heterocycles. The van der Waals surface area contributed by atoms with E-state index in [1.54, 1.807) is 25.3 Å². The summed E-state index contributed by atoms with van der Waals surface area (Å²) in [5, 5.41) is 8.33. The number of hydrogen-bond donors (Lipinski definition) is 0. The number of carbonyl (C=O) groups is 1. The first-order valence-electron chi connectivity index (χ1n) is 9.03. The number of benzene rings is 1. The molecular weight excluding hydrogens is 429 g/mol. The summed E-state index contributed by atoms with van der Waals surface area (Å²) >= 11 is 7.09. The molecule has 3 aromatic heterocycles. The summed E-state index contributed by atoms with van der Waals surface area (Å²) < 4.78 is 26.2. The zero-order chi connectivity index (χ0) is 21.4. The van der Waals surface area contributed by atoms with Crippen molar-refractivity contribution in [3.63, 3.8) is 0 Å². The number of thioether (sulfide) groups is 1. The summed E-state index contributed by atoms with van der Waals surface area (Å²) in [5.41, 5.74) is 3.59. The standard InChI is InChI=1S/C21H17ClFN3O3S/c1-11-8-16(12(2)26(11)14-4-5-18(23)17(22)9-14)19(27)10-30-21-25-24-20(29-21)15-6-7-28-13(15)3/h4-9H,10H2,1-3H3. The highest BCUT2D eigenvalue weighted by molar-refractivity contribution is 7.99. The van der Waals surface area contributed by atoms with Crippen LogP contribution in [-0.4, -0.2) is 26.3 Å². The Hall–Kier alpha value is -2.84. The van der Waals surface area contributed by atoms with Gasteiger partial charge in [0, 0.05) is 22.6 Å². The van der Waals surface area contributed by atoms with E-state index in [-0.39, 0.29) is 16.6 Å². The van der Waals surface area contributed by atoms with E-state index in [9.17, 15) is 9.18 Å². The highest BCUT2D eigenvalue weighted by Crippen LogP contribution is 2.28. The van der Waals surface area contributed by atoms with Crippen LogP contribution in [0.25, 0.3) is 17.1 Å². The lowest BCUT2D eigenvalue weighted by Gasteiger charge is -2.10. The molecule has 0 amide bonds. The van der Waals surface area contributed by atoms with Crippen LogP contribution in [-0.2, 0) is 0 Å². The Balaban J connectivity index is 1.51. The van der Waals surface area contributed by atoms with Crippen molar-refractivity contribution in [1.82, 2.24) is 14.8 Å². The lowest BCUT2D eigenvalue weighted by molar-refractivity contribution is 0.102. The molecule has 0 unspecified atom stereocenters. The van der Waals surface area contributed by atoms with E-state index in [4.69, 9.17) is 20.4 Å². The third-order valence-corrected chi connectivity index (χ3v) is 5.82. The first-order chi connectivity index (χ1) is 14.3. The van der Waals surface area contributed by atoms with E-state index < -0.39 is 5.82 Å². The minimum Gasteiger partial charge on any atom is -0.469 e. The molecule has 4 rings (SSSR count). The second-order valence-electron chi connectivity index (χ2n) is 6.69. The fourth-order valence-electron chi connectivity index (χ4n) is 3.26. The average molecular weight is 446 g/mol. The predicted molar refractivity (Wildman–Crippen MR) is 112 cm³/mol. The summed E-state index contributed by atoms with van der Waals surface area (Å²) in [6, 6.07) is 8.03. The van der Waals surface area contributed by atoms with E-state index in [0.717, 1.165) is 17.0 Å². The Bertz CT molecular complexity index is 1240. The number of hydrogen-bond acceptors (Lipinski definition) is 6. The summed E-state index contributed by atoms with van der Waals surface area (Å²) in [6.07, 6.45) is 1.55. The second kappa shape index (κ2) is 8.12. The Labute approximate surface area is 181 Å². The van der Waals surface area contributed by atoms with Gasteiger partial charge in [0.15, 0.2) is 5.78 Å². The summed E-state index contributed by atoms with van der Waals surface area (Å²) in [7, 11) is 0. The first kappa shape index (κ1) is 20.4.